The summed E-state index contributed by atoms with van der Waals surface area (Å²) in [4.78, 5) is 28.4. The molecule has 0 saturated carbocycles. The number of nitrogens with zero attached hydrogens (tertiary/aromatic N) is 3. The number of amides is 1. The molecule has 0 aliphatic carbocycles. The predicted octanol–water partition coefficient (Wildman–Crippen LogP) is 2.64. The van der Waals surface area contributed by atoms with E-state index in [0.29, 0.717) is 29.7 Å². The van der Waals surface area contributed by atoms with Crippen LogP contribution < -0.4 is 11.1 Å². The number of benzene rings is 2. The molecule has 0 radical (unpaired) electrons. The highest BCUT2D eigenvalue weighted by Crippen LogP contribution is 2.26. The van der Waals surface area contributed by atoms with Gasteiger partial charge in [0, 0.05) is 24.2 Å². The Morgan fingerprint density at radius 3 is 2.61 bits per heavy atom. The number of carbonyl (C=O) groups is 2. The summed E-state index contributed by atoms with van der Waals surface area (Å²) in [7, 11) is 1.31. The van der Waals surface area contributed by atoms with E-state index in [-0.39, 0.29) is 37.2 Å². The van der Waals surface area contributed by atoms with Crippen LogP contribution in [0.15, 0.2) is 42.5 Å². The molecule has 0 spiro atoms. The summed E-state index contributed by atoms with van der Waals surface area (Å²) < 4.78 is 6.64. The van der Waals surface area contributed by atoms with Gasteiger partial charge in [-0.1, -0.05) is 0 Å². The molecule has 3 N–H and O–H groups in total. The Morgan fingerprint density at radius 1 is 1.23 bits per heavy atom. The number of fused-ring (bicyclic) bond motifs is 1. The number of aryl methyl sites for hydroxylation is 1. The summed E-state index contributed by atoms with van der Waals surface area (Å²) in [5.41, 5.74) is 9.21. The third-order valence-electron chi connectivity index (χ3n) is 4.71. The maximum absolute atomic E-state index is 12.4. The number of aromatic nitrogens is 2. The number of esters is 1. The fourth-order valence-electron chi connectivity index (χ4n) is 3.14. The molecule has 0 aliphatic rings. The van der Waals surface area contributed by atoms with Gasteiger partial charge in [0.25, 0.3) is 5.91 Å². The minimum absolute atomic E-state index is 0. The lowest BCUT2D eigenvalue weighted by Gasteiger charge is -2.09. The summed E-state index contributed by atoms with van der Waals surface area (Å²) in [5, 5.41) is 11.7. The van der Waals surface area contributed by atoms with E-state index in [9.17, 15) is 9.59 Å². The van der Waals surface area contributed by atoms with Gasteiger partial charge < -0.3 is 20.4 Å². The smallest absolute Gasteiger partial charge is 0.307 e. The zero-order valence-corrected chi connectivity index (χ0v) is 17.9. The van der Waals surface area contributed by atoms with Gasteiger partial charge in [-0.05, 0) is 55.4 Å². The molecular weight excluding hydrogens is 418 g/mol. The van der Waals surface area contributed by atoms with Crippen LogP contribution in [0.2, 0.25) is 0 Å². The summed E-state index contributed by atoms with van der Waals surface area (Å²) >= 11 is 0. The number of hydrogen-bond acceptors (Lipinski definition) is 6. The molecule has 1 aromatic heterocycles. The molecule has 0 fully saturated rings. The summed E-state index contributed by atoms with van der Waals surface area (Å²) in [6, 6.07) is 14.7. The van der Waals surface area contributed by atoms with Crippen molar-refractivity contribution >= 4 is 35.3 Å². The second kappa shape index (κ2) is 11.1. The highest BCUT2D eigenvalue weighted by Gasteiger charge is 2.15. The zero-order valence-electron chi connectivity index (χ0n) is 17.1. The van der Waals surface area contributed by atoms with Gasteiger partial charge >= 0.3 is 5.97 Å². The fraction of sp³-hybridized carbons (Fsp3) is 0.273. The number of nitriles is 1. The Hall–Kier alpha value is -3.41. The second-order valence-corrected chi connectivity index (χ2v) is 6.70. The average molecular weight is 442 g/mol. The number of ether oxygens (including phenoxy) is 1. The Labute approximate surface area is 186 Å². The summed E-state index contributed by atoms with van der Waals surface area (Å²) in [6.07, 6.45) is 0.894. The van der Waals surface area contributed by atoms with E-state index in [1.807, 2.05) is 18.2 Å². The van der Waals surface area contributed by atoms with E-state index in [4.69, 9.17) is 16.0 Å². The van der Waals surface area contributed by atoms with E-state index in [2.05, 4.69) is 20.7 Å². The lowest BCUT2D eigenvalue weighted by molar-refractivity contribution is -0.140. The van der Waals surface area contributed by atoms with E-state index < -0.39 is 0 Å². The molecule has 0 bridgehead atoms. The predicted molar refractivity (Wildman–Crippen MR) is 120 cm³/mol. The second-order valence-electron chi connectivity index (χ2n) is 6.70. The maximum atomic E-state index is 12.4. The number of methoxy groups -OCH3 is 1. The first kappa shape index (κ1) is 23.9. The minimum Gasteiger partial charge on any atom is -0.469 e. The lowest BCUT2D eigenvalue weighted by Crippen LogP contribution is -2.26. The van der Waals surface area contributed by atoms with E-state index in [1.165, 1.54) is 7.11 Å². The standard InChI is InChI=1S/C22H23N5O3.ClH/c1-30-20(28)9-11-25-22(29)17-7-8-19-18(13-17)26-21(27(19)12-2-10-23)16-5-3-15(14-24)4-6-16;/h3-8,13H,2,9-12,23H2,1H3,(H,25,29);1H. The first-order valence-corrected chi connectivity index (χ1v) is 9.63. The van der Waals surface area contributed by atoms with Crippen molar-refractivity contribution in [1.29, 1.82) is 5.26 Å². The van der Waals surface area contributed by atoms with Crippen LogP contribution in [0.25, 0.3) is 22.4 Å². The highest BCUT2D eigenvalue weighted by molar-refractivity contribution is 5.98. The van der Waals surface area contributed by atoms with Crippen molar-refractivity contribution < 1.29 is 14.3 Å². The molecule has 162 valence electrons. The number of hydrogen-bond donors (Lipinski definition) is 2. The first-order chi connectivity index (χ1) is 14.6. The number of nitrogens with two attached hydrogens (primary N) is 1. The molecule has 8 nitrogen and oxygen atoms in total. The van der Waals surface area contributed by atoms with Gasteiger partial charge in [0.1, 0.15) is 5.82 Å². The SMILES string of the molecule is COC(=O)CCNC(=O)c1ccc2c(c1)nc(-c1ccc(C#N)cc1)n2CCCN.Cl. The Morgan fingerprint density at radius 2 is 1.97 bits per heavy atom. The van der Waals surface area contributed by atoms with E-state index in [0.717, 1.165) is 23.3 Å². The van der Waals surface area contributed by atoms with Crippen molar-refractivity contribution in [1.82, 2.24) is 14.9 Å². The van der Waals surface area contributed by atoms with Crippen LogP contribution in [0, 0.1) is 11.3 Å². The van der Waals surface area contributed by atoms with Crippen LogP contribution in [-0.2, 0) is 16.1 Å². The van der Waals surface area contributed by atoms with Gasteiger partial charge in [-0.15, -0.1) is 12.4 Å². The number of halogens is 1. The van der Waals surface area contributed by atoms with E-state index >= 15 is 0 Å². The van der Waals surface area contributed by atoms with Gasteiger partial charge in [-0.2, -0.15) is 5.26 Å². The molecular formula is C22H24ClN5O3. The van der Waals surface area contributed by atoms with Gasteiger partial charge in [0.15, 0.2) is 0 Å². The lowest BCUT2D eigenvalue weighted by atomic mass is 10.1. The van der Waals surface area contributed by atoms with Gasteiger partial charge in [-0.25, -0.2) is 4.98 Å². The number of rotatable bonds is 8. The number of carbonyl (C=O) groups excluding carboxylic acids is 2. The maximum Gasteiger partial charge on any atom is 0.307 e. The van der Waals surface area contributed by atoms with Gasteiger partial charge in [-0.3, -0.25) is 9.59 Å². The summed E-state index contributed by atoms with van der Waals surface area (Å²) in [5.74, 6) is 0.0971. The fourth-order valence-corrected chi connectivity index (χ4v) is 3.14. The minimum atomic E-state index is -0.378. The largest absolute Gasteiger partial charge is 0.469 e. The van der Waals surface area contributed by atoms with Crippen molar-refractivity contribution in [2.24, 2.45) is 5.73 Å². The molecule has 0 saturated heterocycles. The van der Waals surface area contributed by atoms with Crippen LogP contribution in [0.1, 0.15) is 28.8 Å². The number of imidazole rings is 1. The molecule has 2 aromatic carbocycles. The molecule has 0 unspecified atom stereocenters. The Kier molecular flexibility index (Phi) is 8.55. The molecule has 9 heteroatoms. The topological polar surface area (TPSA) is 123 Å². The Bertz CT molecular complexity index is 1100. The van der Waals surface area contributed by atoms with Crippen LogP contribution in [0.4, 0.5) is 0 Å². The van der Waals surface area contributed by atoms with Crippen molar-refractivity contribution in [3.8, 4) is 17.5 Å². The van der Waals surface area contributed by atoms with Crippen molar-refractivity contribution in [2.45, 2.75) is 19.4 Å². The molecule has 1 heterocycles. The average Bonchev–Trinajstić information content (AvgIpc) is 3.15. The Balaban J connectivity index is 0.00000341. The van der Waals surface area contributed by atoms with Gasteiger partial charge in [0.2, 0.25) is 0 Å². The molecule has 31 heavy (non-hydrogen) atoms. The molecule has 3 rings (SSSR count). The zero-order chi connectivity index (χ0) is 21.5. The van der Waals surface area contributed by atoms with Crippen molar-refractivity contribution in [3.05, 3.63) is 53.6 Å². The van der Waals surface area contributed by atoms with Crippen LogP contribution in [0.3, 0.4) is 0 Å². The third kappa shape index (κ3) is 5.60. The molecule has 0 aliphatic heterocycles. The highest BCUT2D eigenvalue weighted by atomic mass is 35.5. The van der Waals surface area contributed by atoms with Crippen LogP contribution in [0.5, 0.6) is 0 Å². The van der Waals surface area contributed by atoms with Gasteiger partial charge in [0.05, 0.1) is 36.2 Å². The monoisotopic (exact) mass is 441 g/mol. The number of nitrogens with one attached hydrogen (secondary N) is 1. The first-order valence-electron chi connectivity index (χ1n) is 9.63. The molecule has 1 amide bonds. The third-order valence-corrected chi connectivity index (χ3v) is 4.71. The molecule has 0 atom stereocenters. The van der Waals surface area contributed by atoms with Crippen LogP contribution in [-0.4, -0.2) is 41.6 Å². The normalized spacial score (nSPS) is 10.2. The van der Waals surface area contributed by atoms with Crippen molar-refractivity contribution in [3.63, 3.8) is 0 Å². The van der Waals surface area contributed by atoms with E-state index in [1.54, 1.807) is 24.3 Å². The summed E-state index contributed by atoms with van der Waals surface area (Å²) in [6.45, 7) is 1.44. The quantitative estimate of drug-likeness (QED) is 0.518. The molecule has 3 aromatic rings. The van der Waals surface area contributed by atoms with Crippen LogP contribution >= 0.6 is 12.4 Å². The van der Waals surface area contributed by atoms with Crippen molar-refractivity contribution in [2.75, 3.05) is 20.2 Å².